The summed E-state index contributed by atoms with van der Waals surface area (Å²) in [5.41, 5.74) is 2.24. The van der Waals surface area contributed by atoms with Gasteiger partial charge in [0, 0.05) is 10.9 Å². The Bertz CT molecular complexity index is 321. The largest absolute Gasteiger partial charge is 0.298 e. The summed E-state index contributed by atoms with van der Waals surface area (Å²) in [6, 6.07) is 5.98. The van der Waals surface area contributed by atoms with Crippen LogP contribution in [0.4, 0.5) is 0 Å². The molecule has 1 aromatic rings. The highest BCUT2D eigenvalue weighted by Gasteiger charge is 2.02. The second-order valence-corrected chi connectivity index (χ2v) is 4.35. The van der Waals surface area contributed by atoms with Gasteiger partial charge in [-0.05, 0) is 24.1 Å². The molecule has 1 rings (SSSR count). The first kappa shape index (κ1) is 10.9. The fourth-order valence-corrected chi connectivity index (χ4v) is 1.54. The summed E-state index contributed by atoms with van der Waals surface area (Å²) in [4.78, 5) is 11.1. The molecule has 0 bridgehead atoms. The van der Waals surface area contributed by atoms with Crippen molar-refractivity contribution in [1.29, 1.82) is 0 Å². The van der Waals surface area contributed by atoms with E-state index in [-0.39, 0.29) is 5.78 Å². The lowest BCUT2D eigenvalue weighted by Crippen LogP contribution is -2.03. The molecule has 70 valence electrons. The van der Waals surface area contributed by atoms with E-state index in [0.29, 0.717) is 11.8 Å². The van der Waals surface area contributed by atoms with Crippen LogP contribution >= 0.6 is 31.9 Å². The topological polar surface area (TPSA) is 17.1 Å². The number of halogens is 2. The Morgan fingerprint density at radius 3 is 2.69 bits per heavy atom. The summed E-state index contributed by atoms with van der Waals surface area (Å²) in [5, 5.41) is 0.433. The van der Waals surface area contributed by atoms with Crippen molar-refractivity contribution in [2.24, 2.45) is 0 Å². The van der Waals surface area contributed by atoms with Crippen molar-refractivity contribution in [2.45, 2.75) is 13.3 Å². The Morgan fingerprint density at radius 1 is 1.46 bits per heavy atom. The zero-order chi connectivity index (χ0) is 9.84. The Morgan fingerprint density at radius 2 is 2.15 bits per heavy atom. The lowest BCUT2D eigenvalue weighted by Gasteiger charge is -2.02. The van der Waals surface area contributed by atoms with E-state index < -0.39 is 0 Å². The SMILES string of the molecule is Cc1cc(CC(=O)CBr)ccc1Br. The molecule has 0 aromatic heterocycles. The highest BCUT2D eigenvalue weighted by Crippen LogP contribution is 2.17. The smallest absolute Gasteiger partial charge is 0.147 e. The molecule has 0 aliphatic heterocycles. The van der Waals surface area contributed by atoms with E-state index in [0.717, 1.165) is 10.0 Å². The van der Waals surface area contributed by atoms with Gasteiger partial charge in [0.15, 0.2) is 0 Å². The standard InChI is InChI=1S/C10H10Br2O/c1-7-4-8(2-3-10(7)12)5-9(13)6-11/h2-4H,5-6H2,1H3. The number of alkyl halides is 1. The molecule has 0 aliphatic rings. The van der Waals surface area contributed by atoms with Crippen LogP contribution in [0, 0.1) is 6.92 Å². The summed E-state index contributed by atoms with van der Waals surface area (Å²) in [5.74, 6) is 0.210. The van der Waals surface area contributed by atoms with E-state index in [1.807, 2.05) is 25.1 Å². The van der Waals surface area contributed by atoms with Crippen molar-refractivity contribution >= 4 is 37.6 Å². The summed E-state index contributed by atoms with van der Waals surface area (Å²) in [7, 11) is 0. The molecule has 0 aliphatic carbocycles. The molecule has 1 nitrogen and oxygen atoms in total. The molecule has 0 saturated carbocycles. The van der Waals surface area contributed by atoms with Crippen LogP contribution < -0.4 is 0 Å². The van der Waals surface area contributed by atoms with Crippen molar-refractivity contribution in [2.75, 3.05) is 5.33 Å². The number of hydrogen-bond donors (Lipinski definition) is 0. The van der Waals surface area contributed by atoms with E-state index in [9.17, 15) is 4.79 Å². The number of aryl methyl sites for hydroxylation is 1. The second kappa shape index (κ2) is 4.91. The normalized spacial score (nSPS) is 10.1. The first-order valence-electron chi connectivity index (χ1n) is 3.96. The van der Waals surface area contributed by atoms with Gasteiger partial charge in [-0.25, -0.2) is 0 Å². The molecular weight excluding hydrogens is 296 g/mol. The van der Waals surface area contributed by atoms with Gasteiger partial charge < -0.3 is 0 Å². The zero-order valence-electron chi connectivity index (χ0n) is 7.31. The first-order chi connectivity index (χ1) is 6.13. The number of carbonyl (C=O) groups is 1. The number of carbonyl (C=O) groups excluding carboxylic acids is 1. The number of ketones is 1. The van der Waals surface area contributed by atoms with Crippen molar-refractivity contribution in [3.63, 3.8) is 0 Å². The van der Waals surface area contributed by atoms with Crippen LogP contribution in [0.25, 0.3) is 0 Å². The monoisotopic (exact) mass is 304 g/mol. The molecule has 13 heavy (non-hydrogen) atoms. The summed E-state index contributed by atoms with van der Waals surface area (Å²) >= 11 is 6.56. The van der Waals surface area contributed by atoms with Crippen LogP contribution in [0.2, 0.25) is 0 Å². The molecule has 0 fully saturated rings. The molecule has 3 heteroatoms. The van der Waals surface area contributed by atoms with Gasteiger partial charge in [-0.15, -0.1) is 0 Å². The maximum atomic E-state index is 11.1. The number of benzene rings is 1. The van der Waals surface area contributed by atoms with Gasteiger partial charge in [0.1, 0.15) is 5.78 Å². The summed E-state index contributed by atoms with van der Waals surface area (Å²) < 4.78 is 1.09. The van der Waals surface area contributed by atoms with E-state index >= 15 is 0 Å². The predicted molar refractivity (Wildman–Crippen MR) is 61.4 cm³/mol. The van der Waals surface area contributed by atoms with Gasteiger partial charge in [-0.1, -0.05) is 44.0 Å². The minimum absolute atomic E-state index is 0.210. The third-order valence-corrected chi connectivity index (χ3v) is 3.29. The first-order valence-corrected chi connectivity index (χ1v) is 5.87. The molecule has 0 unspecified atom stereocenters. The van der Waals surface area contributed by atoms with Gasteiger partial charge >= 0.3 is 0 Å². The molecule has 0 radical (unpaired) electrons. The van der Waals surface area contributed by atoms with Crippen LogP contribution in [0.1, 0.15) is 11.1 Å². The van der Waals surface area contributed by atoms with Gasteiger partial charge in [0.05, 0.1) is 5.33 Å². The Balaban J connectivity index is 2.79. The molecule has 0 N–H and O–H groups in total. The molecular formula is C10H10Br2O. The van der Waals surface area contributed by atoms with Crippen molar-refractivity contribution in [3.8, 4) is 0 Å². The van der Waals surface area contributed by atoms with Gasteiger partial charge in [-0.3, -0.25) is 4.79 Å². The molecule has 0 saturated heterocycles. The number of Topliss-reactive ketones (excluding diaryl/α,β-unsaturated/α-hetero) is 1. The fourth-order valence-electron chi connectivity index (χ4n) is 1.09. The van der Waals surface area contributed by atoms with Gasteiger partial charge in [-0.2, -0.15) is 0 Å². The minimum Gasteiger partial charge on any atom is -0.298 e. The zero-order valence-corrected chi connectivity index (χ0v) is 10.5. The maximum Gasteiger partial charge on any atom is 0.147 e. The lowest BCUT2D eigenvalue weighted by molar-refractivity contribution is -0.115. The van der Waals surface area contributed by atoms with E-state index in [1.165, 1.54) is 5.56 Å². The van der Waals surface area contributed by atoms with Crippen molar-refractivity contribution in [1.82, 2.24) is 0 Å². The Labute approximate surface area is 94.8 Å². The average Bonchev–Trinajstić information content (AvgIpc) is 2.11. The quantitative estimate of drug-likeness (QED) is 0.783. The second-order valence-electron chi connectivity index (χ2n) is 2.93. The van der Waals surface area contributed by atoms with Crippen LogP contribution in [-0.2, 0) is 11.2 Å². The van der Waals surface area contributed by atoms with E-state index in [4.69, 9.17) is 0 Å². The summed E-state index contributed by atoms with van der Waals surface area (Å²) in [6.07, 6.45) is 0.513. The third kappa shape index (κ3) is 3.24. The van der Waals surface area contributed by atoms with Crippen molar-refractivity contribution < 1.29 is 4.79 Å². The van der Waals surface area contributed by atoms with Crippen LogP contribution in [-0.4, -0.2) is 11.1 Å². The van der Waals surface area contributed by atoms with E-state index in [2.05, 4.69) is 31.9 Å². The molecule has 0 amide bonds. The Kier molecular flexibility index (Phi) is 4.13. The van der Waals surface area contributed by atoms with Gasteiger partial charge in [0.25, 0.3) is 0 Å². The molecule has 1 aromatic carbocycles. The predicted octanol–water partition coefficient (Wildman–Crippen LogP) is 3.26. The molecule has 0 spiro atoms. The summed E-state index contributed by atoms with van der Waals surface area (Å²) in [6.45, 7) is 2.02. The average molecular weight is 306 g/mol. The fraction of sp³-hybridized carbons (Fsp3) is 0.300. The minimum atomic E-state index is 0.210. The van der Waals surface area contributed by atoms with Crippen LogP contribution in [0.5, 0.6) is 0 Å². The van der Waals surface area contributed by atoms with Crippen LogP contribution in [0.15, 0.2) is 22.7 Å². The van der Waals surface area contributed by atoms with Gasteiger partial charge in [0.2, 0.25) is 0 Å². The Hall–Kier alpha value is -0.150. The molecule has 0 heterocycles. The number of hydrogen-bond acceptors (Lipinski definition) is 1. The van der Waals surface area contributed by atoms with Crippen LogP contribution in [0.3, 0.4) is 0 Å². The maximum absolute atomic E-state index is 11.1. The van der Waals surface area contributed by atoms with E-state index in [1.54, 1.807) is 0 Å². The lowest BCUT2D eigenvalue weighted by atomic mass is 10.1. The van der Waals surface area contributed by atoms with Crippen molar-refractivity contribution in [3.05, 3.63) is 33.8 Å². The molecule has 0 atom stereocenters. The third-order valence-electron chi connectivity index (χ3n) is 1.77. The highest BCUT2D eigenvalue weighted by molar-refractivity contribution is 9.10. The highest BCUT2D eigenvalue weighted by atomic mass is 79.9. The number of rotatable bonds is 3.